The summed E-state index contributed by atoms with van der Waals surface area (Å²) in [5.41, 5.74) is 0. The van der Waals surface area contributed by atoms with Gasteiger partial charge in [-0.2, -0.15) is 0 Å². The van der Waals surface area contributed by atoms with Crippen LogP contribution in [0.25, 0.3) is 0 Å². The summed E-state index contributed by atoms with van der Waals surface area (Å²) in [6.45, 7) is 7.64. The van der Waals surface area contributed by atoms with Crippen LogP contribution in [0.1, 0.15) is 40.0 Å². The van der Waals surface area contributed by atoms with Crippen molar-refractivity contribution in [2.45, 2.75) is 40.0 Å². The van der Waals surface area contributed by atoms with E-state index in [0.717, 1.165) is 25.9 Å². The van der Waals surface area contributed by atoms with Crippen molar-refractivity contribution in [3.63, 3.8) is 0 Å². The summed E-state index contributed by atoms with van der Waals surface area (Å²) in [6.07, 6.45) is 4.76. The average Bonchev–Trinajstić information content (AvgIpc) is 2.02. The highest BCUT2D eigenvalue weighted by Crippen LogP contribution is 2.06. The van der Waals surface area contributed by atoms with Gasteiger partial charge in [-0.1, -0.05) is 27.2 Å². The summed E-state index contributed by atoms with van der Waals surface area (Å²) in [7, 11) is 0. The highest BCUT2D eigenvalue weighted by Gasteiger charge is 1.97. The third kappa shape index (κ3) is 9.41. The van der Waals surface area contributed by atoms with E-state index >= 15 is 0 Å². The molecule has 0 spiro atoms. The van der Waals surface area contributed by atoms with Gasteiger partial charge in [-0.3, -0.25) is 0 Å². The Labute approximate surface area is 81.6 Å². The largest absolute Gasteiger partial charge is 0.513 e. The first-order chi connectivity index (χ1) is 6.16. The van der Waals surface area contributed by atoms with Crippen LogP contribution in [0.5, 0.6) is 0 Å². The fourth-order valence-corrected chi connectivity index (χ4v) is 0.986. The van der Waals surface area contributed by atoms with Crippen LogP contribution in [-0.2, 0) is 4.74 Å². The van der Waals surface area contributed by atoms with Gasteiger partial charge in [0, 0.05) is 13.0 Å². The Balaban J connectivity index is 3.36. The monoisotopic (exact) mass is 186 g/mol. The van der Waals surface area contributed by atoms with Gasteiger partial charge >= 0.3 is 0 Å². The van der Waals surface area contributed by atoms with Crippen molar-refractivity contribution >= 4 is 0 Å². The number of allylic oxidation sites excluding steroid dienone is 1. The molecule has 0 rings (SSSR count). The maximum Gasteiger partial charge on any atom is 0.0908 e. The minimum Gasteiger partial charge on any atom is -0.513 e. The van der Waals surface area contributed by atoms with Crippen LogP contribution in [0.3, 0.4) is 0 Å². The topological polar surface area (TPSA) is 29.5 Å². The smallest absolute Gasteiger partial charge is 0.0908 e. The van der Waals surface area contributed by atoms with Crippen molar-refractivity contribution < 1.29 is 9.84 Å². The Morgan fingerprint density at radius 3 is 2.69 bits per heavy atom. The van der Waals surface area contributed by atoms with E-state index in [-0.39, 0.29) is 0 Å². The predicted molar refractivity (Wildman–Crippen MR) is 55.9 cm³/mol. The summed E-state index contributed by atoms with van der Waals surface area (Å²) >= 11 is 0. The van der Waals surface area contributed by atoms with E-state index in [1.165, 1.54) is 0 Å². The molecule has 0 aromatic heterocycles. The van der Waals surface area contributed by atoms with Crippen LogP contribution in [0, 0.1) is 5.92 Å². The summed E-state index contributed by atoms with van der Waals surface area (Å²) in [4.78, 5) is 0. The Morgan fingerprint density at radius 2 is 2.15 bits per heavy atom. The second-order valence-corrected chi connectivity index (χ2v) is 3.72. The second-order valence-electron chi connectivity index (χ2n) is 3.72. The van der Waals surface area contributed by atoms with Gasteiger partial charge < -0.3 is 9.84 Å². The first-order valence-electron chi connectivity index (χ1n) is 5.12. The summed E-state index contributed by atoms with van der Waals surface area (Å²) in [5, 5.41) is 9.36. The Hall–Kier alpha value is -0.500. The zero-order chi connectivity index (χ0) is 10.1. The van der Waals surface area contributed by atoms with Gasteiger partial charge in [0.05, 0.1) is 12.4 Å². The van der Waals surface area contributed by atoms with Crippen LogP contribution < -0.4 is 0 Å². The molecule has 0 aliphatic rings. The molecular formula is C11H22O2. The predicted octanol–water partition coefficient (Wildman–Crippen LogP) is 3.29. The molecule has 13 heavy (non-hydrogen) atoms. The standard InChI is InChI=1S/C11H22O2/c1-4-5-7-13-8-6-11(12)9-10(2)3/h6,10,12H,4-5,7-9H2,1-3H3. The van der Waals surface area contributed by atoms with E-state index < -0.39 is 0 Å². The number of rotatable bonds is 7. The van der Waals surface area contributed by atoms with E-state index in [0.29, 0.717) is 18.3 Å². The van der Waals surface area contributed by atoms with Gasteiger partial charge in [-0.05, 0) is 18.4 Å². The van der Waals surface area contributed by atoms with E-state index in [9.17, 15) is 5.11 Å². The maximum atomic E-state index is 9.36. The van der Waals surface area contributed by atoms with E-state index in [4.69, 9.17) is 4.74 Å². The molecule has 0 aromatic rings. The van der Waals surface area contributed by atoms with E-state index in [1.54, 1.807) is 6.08 Å². The molecule has 0 fully saturated rings. The Kier molecular flexibility index (Phi) is 7.80. The molecule has 0 amide bonds. The third-order valence-corrected chi connectivity index (χ3v) is 1.70. The number of unbranched alkanes of at least 4 members (excludes halogenated alkanes) is 1. The van der Waals surface area contributed by atoms with Crippen molar-refractivity contribution in [2.75, 3.05) is 13.2 Å². The number of hydrogen-bond acceptors (Lipinski definition) is 2. The third-order valence-electron chi connectivity index (χ3n) is 1.70. The zero-order valence-electron chi connectivity index (χ0n) is 9.05. The van der Waals surface area contributed by atoms with Crippen LogP contribution in [-0.4, -0.2) is 18.3 Å². The lowest BCUT2D eigenvalue weighted by atomic mass is 10.1. The fourth-order valence-electron chi connectivity index (χ4n) is 0.986. The van der Waals surface area contributed by atoms with Gasteiger partial charge in [0.25, 0.3) is 0 Å². The summed E-state index contributed by atoms with van der Waals surface area (Å²) in [5.74, 6) is 0.957. The van der Waals surface area contributed by atoms with Crippen molar-refractivity contribution in [3.05, 3.63) is 11.8 Å². The first kappa shape index (κ1) is 12.5. The first-order valence-corrected chi connectivity index (χ1v) is 5.12. The van der Waals surface area contributed by atoms with E-state index in [2.05, 4.69) is 20.8 Å². The molecule has 0 radical (unpaired) electrons. The second kappa shape index (κ2) is 8.11. The summed E-state index contributed by atoms with van der Waals surface area (Å²) in [6, 6.07) is 0. The molecule has 78 valence electrons. The number of ether oxygens (including phenoxy) is 1. The average molecular weight is 186 g/mol. The minimum atomic E-state index is 0.450. The van der Waals surface area contributed by atoms with Gasteiger partial charge in [-0.15, -0.1) is 0 Å². The lowest BCUT2D eigenvalue weighted by Gasteiger charge is -2.03. The number of aliphatic hydroxyl groups excluding tert-OH is 1. The SMILES string of the molecule is CCCCOCC=C(O)CC(C)C. The molecule has 0 atom stereocenters. The number of aliphatic hydroxyl groups is 1. The molecule has 0 saturated carbocycles. The van der Waals surface area contributed by atoms with Gasteiger partial charge in [0.1, 0.15) is 0 Å². The molecule has 2 nitrogen and oxygen atoms in total. The van der Waals surface area contributed by atoms with Gasteiger partial charge in [0.2, 0.25) is 0 Å². The van der Waals surface area contributed by atoms with Crippen molar-refractivity contribution in [3.8, 4) is 0 Å². The highest BCUT2D eigenvalue weighted by atomic mass is 16.5. The molecule has 0 unspecified atom stereocenters. The number of hydrogen-bond donors (Lipinski definition) is 1. The van der Waals surface area contributed by atoms with Crippen LogP contribution in [0.2, 0.25) is 0 Å². The van der Waals surface area contributed by atoms with Crippen molar-refractivity contribution in [2.24, 2.45) is 5.92 Å². The molecule has 0 aromatic carbocycles. The lowest BCUT2D eigenvalue weighted by molar-refractivity contribution is 0.156. The van der Waals surface area contributed by atoms with Crippen LogP contribution in [0.4, 0.5) is 0 Å². The molecule has 0 bridgehead atoms. The highest BCUT2D eigenvalue weighted by molar-refractivity contribution is 4.91. The van der Waals surface area contributed by atoms with Crippen molar-refractivity contribution in [1.29, 1.82) is 0 Å². The van der Waals surface area contributed by atoms with Gasteiger partial charge in [-0.25, -0.2) is 0 Å². The molecule has 0 saturated heterocycles. The molecule has 0 heterocycles. The molecule has 0 aliphatic heterocycles. The maximum absolute atomic E-state index is 9.36. The lowest BCUT2D eigenvalue weighted by Crippen LogP contribution is -1.97. The normalized spacial score (nSPS) is 12.5. The quantitative estimate of drug-likeness (QED) is 0.488. The fraction of sp³-hybridized carbons (Fsp3) is 0.818. The molecule has 2 heteroatoms. The van der Waals surface area contributed by atoms with Crippen LogP contribution >= 0.6 is 0 Å². The molecule has 0 aliphatic carbocycles. The molecular weight excluding hydrogens is 164 g/mol. The van der Waals surface area contributed by atoms with Gasteiger partial charge in [0.15, 0.2) is 0 Å². The summed E-state index contributed by atoms with van der Waals surface area (Å²) < 4.78 is 5.29. The minimum absolute atomic E-state index is 0.450. The zero-order valence-corrected chi connectivity index (χ0v) is 9.05. The van der Waals surface area contributed by atoms with E-state index in [1.807, 2.05) is 0 Å². The Morgan fingerprint density at radius 1 is 1.46 bits per heavy atom. The molecule has 1 N–H and O–H groups in total. The van der Waals surface area contributed by atoms with Crippen molar-refractivity contribution in [1.82, 2.24) is 0 Å². The van der Waals surface area contributed by atoms with Crippen LogP contribution in [0.15, 0.2) is 11.8 Å². The Bertz CT molecular complexity index is 139.